The molecule has 6 heteroatoms. The number of para-hydroxylation sites is 1. The maximum Gasteiger partial charge on any atom is 0.207 e. The predicted molar refractivity (Wildman–Crippen MR) is 81.2 cm³/mol. The van der Waals surface area contributed by atoms with Crippen LogP contribution in [0, 0.1) is 12.3 Å². The molecule has 20 heavy (non-hydrogen) atoms. The average molecular weight is 268 g/mol. The molecule has 0 aliphatic heterocycles. The molecule has 1 aromatic heterocycles. The molecule has 0 aliphatic rings. The van der Waals surface area contributed by atoms with Gasteiger partial charge in [0.15, 0.2) is 5.96 Å². The quantitative estimate of drug-likeness (QED) is 0.494. The maximum atomic E-state index is 7.34. The fourth-order valence-electron chi connectivity index (χ4n) is 1.60. The summed E-state index contributed by atoms with van der Waals surface area (Å²) in [5.41, 5.74) is 8.00. The molecule has 0 fully saturated rings. The molecule has 0 radical (unpaired) electrons. The van der Waals surface area contributed by atoms with E-state index in [9.17, 15) is 0 Å². The van der Waals surface area contributed by atoms with Gasteiger partial charge in [0.05, 0.1) is 11.9 Å². The van der Waals surface area contributed by atoms with Crippen molar-refractivity contribution in [3.05, 3.63) is 54.4 Å². The number of anilines is 1. The highest BCUT2D eigenvalue weighted by Crippen LogP contribution is 2.14. The van der Waals surface area contributed by atoms with Crippen LogP contribution >= 0.6 is 0 Å². The molecule has 0 aliphatic carbocycles. The molecule has 2 rings (SSSR count). The molecule has 1 heterocycles. The van der Waals surface area contributed by atoms with Crippen molar-refractivity contribution in [3.63, 3.8) is 0 Å². The number of pyridine rings is 1. The molecular weight excluding hydrogens is 252 g/mol. The van der Waals surface area contributed by atoms with E-state index in [0.29, 0.717) is 11.6 Å². The van der Waals surface area contributed by atoms with Crippen LogP contribution in [0.2, 0.25) is 0 Å². The average Bonchev–Trinajstić information content (AvgIpc) is 2.42. The Kier molecular flexibility index (Phi) is 4.28. The lowest BCUT2D eigenvalue weighted by atomic mass is 10.2. The van der Waals surface area contributed by atoms with Gasteiger partial charge in [-0.1, -0.05) is 18.2 Å². The number of nitrogens with one attached hydrogen (secondary N) is 3. The summed E-state index contributed by atoms with van der Waals surface area (Å²) in [6, 6.07) is 11.4. The highest BCUT2D eigenvalue weighted by atomic mass is 15.2. The summed E-state index contributed by atoms with van der Waals surface area (Å²) >= 11 is 0. The van der Waals surface area contributed by atoms with Gasteiger partial charge in [0.2, 0.25) is 5.96 Å². The van der Waals surface area contributed by atoms with E-state index >= 15 is 0 Å². The number of aromatic nitrogens is 1. The number of hydrogen-bond donors (Lipinski definition) is 4. The third kappa shape index (κ3) is 3.81. The Morgan fingerprint density at radius 1 is 1.25 bits per heavy atom. The summed E-state index contributed by atoms with van der Waals surface area (Å²) in [4.78, 5) is 8.34. The Hall–Kier alpha value is -2.89. The Balaban J connectivity index is 2.27. The smallest absolute Gasteiger partial charge is 0.207 e. The minimum absolute atomic E-state index is 0.186. The second-order valence-corrected chi connectivity index (χ2v) is 4.15. The van der Waals surface area contributed by atoms with E-state index in [4.69, 9.17) is 11.1 Å². The Bertz CT molecular complexity index is 621. The minimum Gasteiger partial charge on any atom is -0.370 e. The van der Waals surface area contributed by atoms with Crippen LogP contribution in [0.15, 0.2) is 53.8 Å². The molecule has 0 amide bonds. The number of rotatable bonds is 2. The van der Waals surface area contributed by atoms with Gasteiger partial charge in [0, 0.05) is 11.9 Å². The van der Waals surface area contributed by atoms with Crippen molar-refractivity contribution in [2.75, 3.05) is 5.32 Å². The Labute approximate surface area is 117 Å². The van der Waals surface area contributed by atoms with Gasteiger partial charge in [-0.05, 0) is 30.7 Å². The lowest BCUT2D eigenvalue weighted by Gasteiger charge is -2.12. The molecule has 0 saturated heterocycles. The topological polar surface area (TPSA) is 99.2 Å². The van der Waals surface area contributed by atoms with Crippen molar-refractivity contribution in [2.24, 2.45) is 10.7 Å². The number of guanidine groups is 2. The highest BCUT2D eigenvalue weighted by Gasteiger charge is 2.04. The van der Waals surface area contributed by atoms with E-state index in [2.05, 4.69) is 20.6 Å². The van der Waals surface area contributed by atoms with Crippen molar-refractivity contribution in [2.45, 2.75) is 6.92 Å². The van der Waals surface area contributed by atoms with Crippen molar-refractivity contribution in [3.8, 4) is 0 Å². The number of aryl methyl sites for hydroxylation is 1. The van der Waals surface area contributed by atoms with Crippen molar-refractivity contribution in [1.29, 1.82) is 5.41 Å². The number of nitrogens with zero attached hydrogens (tertiary/aromatic N) is 2. The Morgan fingerprint density at radius 2 is 2.05 bits per heavy atom. The van der Waals surface area contributed by atoms with Gasteiger partial charge in [-0.25, -0.2) is 4.99 Å². The summed E-state index contributed by atoms with van der Waals surface area (Å²) in [7, 11) is 0. The van der Waals surface area contributed by atoms with Crippen molar-refractivity contribution < 1.29 is 0 Å². The molecule has 5 N–H and O–H groups in total. The Morgan fingerprint density at radius 3 is 2.70 bits per heavy atom. The van der Waals surface area contributed by atoms with Crippen molar-refractivity contribution >= 4 is 23.3 Å². The van der Waals surface area contributed by atoms with Gasteiger partial charge in [-0.15, -0.1) is 0 Å². The van der Waals surface area contributed by atoms with Crippen LogP contribution in [0.1, 0.15) is 5.56 Å². The lowest BCUT2D eigenvalue weighted by molar-refractivity contribution is 1.21. The van der Waals surface area contributed by atoms with Gasteiger partial charge in [-0.3, -0.25) is 15.7 Å². The third-order valence-corrected chi connectivity index (χ3v) is 2.54. The van der Waals surface area contributed by atoms with Crippen molar-refractivity contribution in [1.82, 2.24) is 10.3 Å². The van der Waals surface area contributed by atoms with Crippen LogP contribution in [-0.2, 0) is 0 Å². The van der Waals surface area contributed by atoms with E-state index in [1.54, 1.807) is 18.5 Å². The van der Waals surface area contributed by atoms with Crippen LogP contribution in [0.4, 0.5) is 11.4 Å². The molecule has 0 atom stereocenters. The summed E-state index contributed by atoms with van der Waals surface area (Å²) in [6.45, 7) is 1.98. The molecule has 102 valence electrons. The molecule has 0 unspecified atom stereocenters. The van der Waals surface area contributed by atoms with Crippen LogP contribution in [-0.4, -0.2) is 16.9 Å². The van der Waals surface area contributed by atoms with Crippen LogP contribution in [0.3, 0.4) is 0 Å². The number of aliphatic imine (C=N–C) groups is 1. The molecule has 2 aromatic rings. The van der Waals surface area contributed by atoms with E-state index in [1.807, 2.05) is 37.3 Å². The van der Waals surface area contributed by atoms with Crippen LogP contribution in [0.25, 0.3) is 0 Å². The molecule has 1 aromatic carbocycles. The van der Waals surface area contributed by atoms with Gasteiger partial charge in [-0.2, -0.15) is 0 Å². The van der Waals surface area contributed by atoms with Crippen LogP contribution in [0.5, 0.6) is 0 Å². The first-order valence-corrected chi connectivity index (χ1v) is 6.07. The van der Waals surface area contributed by atoms with E-state index < -0.39 is 0 Å². The number of nitrogens with two attached hydrogens (primary N) is 1. The highest BCUT2D eigenvalue weighted by molar-refractivity contribution is 6.05. The lowest BCUT2D eigenvalue weighted by Crippen LogP contribution is -2.40. The van der Waals surface area contributed by atoms with Gasteiger partial charge in [0.1, 0.15) is 0 Å². The minimum atomic E-state index is -0.186. The third-order valence-electron chi connectivity index (χ3n) is 2.54. The first kappa shape index (κ1) is 13.5. The molecule has 6 nitrogen and oxygen atoms in total. The van der Waals surface area contributed by atoms with E-state index in [0.717, 1.165) is 11.3 Å². The van der Waals surface area contributed by atoms with Gasteiger partial charge < -0.3 is 11.1 Å². The second-order valence-electron chi connectivity index (χ2n) is 4.15. The number of hydrogen-bond acceptors (Lipinski definition) is 3. The van der Waals surface area contributed by atoms with Crippen LogP contribution < -0.4 is 16.4 Å². The van der Waals surface area contributed by atoms with E-state index in [-0.39, 0.29) is 5.96 Å². The monoisotopic (exact) mass is 268 g/mol. The fraction of sp³-hybridized carbons (Fsp3) is 0.0714. The SMILES string of the molecule is Cc1ccccc1NC(=Nc1cccnc1)NC(=N)N. The summed E-state index contributed by atoms with van der Waals surface area (Å²) in [5, 5.41) is 13.1. The normalized spacial score (nSPS) is 10.9. The summed E-state index contributed by atoms with van der Waals surface area (Å²) in [5.74, 6) is 0.188. The largest absolute Gasteiger partial charge is 0.370 e. The zero-order chi connectivity index (χ0) is 14.4. The van der Waals surface area contributed by atoms with Gasteiger partial charge in [0.25, 0.3) is 0 Å². The predicted octanol–water partition coefficient (Wildman–Crippen LogP) is 1.97. The fourth-order valence-corrected chi connectivity index (χ4v) is 1.60. The first-order chi connectivity index (χ1) is 9.65. The summed E-state index contributed by atoms with van der Waals surface area (Å²) < 4.78 is 0. The molecule has 0 bridgehead atoms. The molecule has 0 spiro atoms. The molecular formula is C14H16N6. The summed E-state index contributed by atoms with van der Waals surface area (Å²) in [6.07, 6.45) is 3.30. The van der Waals surface area contributed by atoms with E-state index in [1.165, 1.54) is 0 Å². The zero-order valence-electron chi connectivity index (χ0n) is 11.1. The standard InChI is InChI=1S/C14H16N6/c1-10-5-2-3-7-12(10)19-14(20-13(15)16)18-11-6-4-8-17-9-11/h2-9H,1H3,(H5,15,16,18,19,20). The zero-order valence-corrected chi connectivity index (χ0v) is 11.1. The molecule has 0 saturated carbocycles. The first-order valence-electron chi connectivity index (χ1n) is 6.07. The maximum absolute atomic E-state index is 7.34. The number of benzene rings is 1. The second kappa shape index (κ2) is 6.33. The van der Waals surface area contributed by atoms with Gasteiger partial charge >= 0.3 is 0 Å².